The van der Waals surface area contributed by atoms with Gasteiger partial charge in [-0.1, -0.05) is 26.0 Å². The molecule has 0 spiro atoms. The normalized spacial score (nSPS) is 19.3. The number of hydrogen-bond acceptors (Lipinski definition) is 2. The van der Waals surface area contributed by atoms with Crippen LogP contribution in [0.3, 0.4) is 0 Å². The van der Waals surface area contributed by atoms with Gasteiger partial charge >= 0.3 is 0 Å². The van der Waals surface area contributed by atoms with Gasteiger partial charge in [-0.15, -0.1) is 0 Å². The van der Waals surface area contributed by atoms with Crippen molar-refractivity contribution in [3.63, 3.8) is 0 Å². The van der Waals surface area contributed by atoms with Crippen LogP contribution in [0.25, 0.3) is 0 Å². The third-order valence-corrected chi connectivity index (χ3v) is 3.50. The molecule has 0 saturated carbocycles. The van der Waals surface area contributed by atoms with E-state index in [0.717, 1.165) is 19.5 Å². The van der Waals surface area contributed by atoms with E-state index in [0.29, 0.717) is 12.0 Å². The second-order valence-electron chi connectivity index (χ2n) is 5.38. The van der Waals surface area contributed by atoms with Gasteiger partial charge in [-0.25, -0.2) is 0 Å². The highest BCUT2D eigenvalue weighted by Crippen LogP contribution is 2.24. The number of amides is 1. The first-order valence-electron chi connectivity index (χ1n) is 6.68. The fraction of sp³-hybridized carbons (Fsp3) is 0.533. The van der Waals surface area contributed by atoms with Gasteiger partial charge in [-0.3, -0.25) is 4.79 Å². The zero-order valence-electron chi connectivity index (χ0n) is 11.4. The smallest absolute Gasteiger partial charge is 0.217 e. The van der Waals surface area contributed by atoms with E-state index >= 15 is 0 Å². The maximum atomic E-state index is 11.1. The van der Waals surface area contributed by atoms with E-state index in [2.05, 4.69) is 48.3 Å². The molecule has 1 N–H and O–H groups in total. The summed E-state index contributed by atoms with van der Waals surface area (Å²) >= 11 is 0. The summed E-state index contributed by atoms with van der Waals surface area (Å²) in [5, 5.41) is 3.00. The summed E-state index contributed by atoms with van der Waals surface area (Å²) in [4.78, 5) is 13.4. The van der Waals surface area contributed by atoms with E-state index in [1.54, 1.807) is 6.92 Å². The molecule has 1 saturated heterocycles. The fourth-order valence-electron chi connectivity index (χ4n) is 2.48. The molecule has 1 aromatic carbocycles. The van der Waals surface area contributed by atoms with E-state index in [9.17, 15) is 4.79 Å². The third kappa shape index (κ3) is 3.03. The summed E-state index contributed by atoms with van der Waals surface area (Å²) in [6, 6.07) is 9.01. The molecular weight excluding hydrogens is 224 g/mol. The number of carbonyl (C=O) groups is 1. The van der Waals surface area contributed by atoms with Crippen LogP contribution in [0.2, 0.25) is 0 Å². The molecule has 98 valence electrons. The fourth-order valence-corrected chi connectivity index (χ4v) is 2.48. The SMILES string of the molecule is CC(=O)N[C@H]1CCN(c2cccc(C(C)C)c2)C1. The van der Waals surface area contributed by atoms with E-state index in [4.69, 9.17) is 0 Å². The van der Waals surface area contributed by atoms with E-state index < -0.39 is 0 Å². The predicted molar refractivity (Wildman–Crippen MR) is 75.0 cm³/mol. The molecule has 0 radical (unpaired) electrons. The van der Waals surface area contributed by atoms with Gasteiger partial charge in [0.2, 0.25) is 5.91 Å². The minimum atomic E-state index is 0.0674. The average Bonchev–Trinajstić information content (AvgIpc) is 2.77. The quantitative estimate of drug-likeness (QED) is 0.889. The molecule has 2 rings (SSSR count). The Kier molecular flexibility index (Phi) is 3.90. The number of benzene rings is 1. The Morgan fingerprint density at radius 2 is 2.22 bits per heavy atom. The standard InChI is InChI=1S/C15H22N2O/c1-11(2)13-5-4-6-15(9-13)17-8-7-14(10-17)16-12(3)18/h4-6,9,11,14H,7-8,10H2,1-3H3,(H,16,18)/t14-/m0/s1. The molecule has 0 bridgehead atoms. The van der Waals surface area contributed by atoms with Gasteiger partial charge in [0, 0.05) is 31.7 Å². The van der Waals surface area contributed by atoms with Gasteiger partial charge in [-0.05, 0) is 30.0 Å². The number of carbonyl (C=O) groups excluding carboxylic acids is 1. The Morgan fingerprint density at radius 3 is 2.89 bits per heavy atom. The molecule has 1 aliphatic heterocycles. The van der Waals surface area contributed by atoms with Crippen LogP contribution in [0, 0.1) is 0 Å². The summed E-state index contributed by atoms with van der Waals surface area (Å²) in [5.74, 6) is 0.622. The monoisotopic (exact) mass is 246 g/mol. The summed E-state index contributed by atoms with van der Waals surface area (Å²) in [6.45, 7) is 7.95. The first-order valence-corrected chi connectivity index (χ1v) is 6.68. The lowest BCUT2D eigenvalue weighted by atomic mass is 10.0. The van der Waals surface area contributed by atoms with Crippen molar-refractivity contribution in [2.75, 3.05) is 18.0 Å². The third-order valence-electron chi connectivity index (χ3n) is 3.50. The number of hydrogen-bond donors (Lipinski definition) is 1. The lowest BCUT2D eigenvalue weighted by molar-refractivity contribution is -0.119. The molecule has 3 heteroatoms. The molecule has 1 atom stereocenters. The van der Waals surface area contributed by atoms with Gasteiger partial charge in [0.15, 0.2) is 0 Å². The van der Waals surface area contributed by atoms with Crippen molar-refractivity contribution in [2.24, 2.45) is 0 Å². The van der Waals surface area contributed by atoms with Crippen molar-refractivity contribution >= 4 is 11.6 Å². The minimum absolute atomic E-state index is 0.0674. The molecule has 0 aromatic heterocycles. The zero-order chi connectivity index (χ0) is 13.1. The van der Waals surface area contributed by atoms with Crippen molar-refractivity contribution in [1.82, 2.24) is 5.32 Å². The lowest BCUT2D eigenvalue weighted by Crippen LogP contribution is -2.35. The van der Waals surface area contributed by atoms with Crippen LogP contribution in [0.1, 0.15) is 38.7 Å². The van der Waals surface area contributed by atoms with Gasteiger partial charge in [0.25, 0.3) is 0 Å². The van der Waals surface area contributed by atoms with Crippen molar-refractivity contribution in [3.8, 4) is 0 Å². The average molecular weight is 246 g/mol. The first kappa shape index (κ1) is 12.9. The van der Waals surface area contributed by atoms with Gasteiger partial charge in [-0.2, -0.15) is 0 Å². The Bertz CT molecular complexity index is 428. The molecule has 1 heterocycles. The maximum Gasteiger partial charge on any atom is 0.217 e. The van der Waals surface area contributed by atoms with Crippen molar-refractivity contribution < 1.29 is 4.79 Å². The topological polar surface area (TPSA) is 32.3 Å². The number of nitrogens with zero attached hydrogens (tertiary/aromatic N) is 1. The predicted octanol–water partition coefficient (Wildman–Crippen LogP) is 2.52. The van der Waals surface area contributed by atoms with E-state index in [-0.39, 0.29) is 5.91 Å². The molecule has 18 heavy (non-hydrogen) atoms. The second-order valence-corrected chi connectivity index (χ2v) is 5.38. The number of nitrogens with one attached hydrogen (secondary N) is 1. The van der Waals surface area contributed by atoms with Crippen molar-refractivity contribution in [1.29, 1.82) is 0 Å². The van der Waals surface area contributed by atoms with Crippen LogP contribution in [0.15, 0.2) is 24.3 Å². The highest BCUT2D eigenvalue weighted by Gasteiger charge is 2.23. The molecular formula is C15H22N2O. The zero-order valence-corrected chi connectivity index (χ0v) is 11.4. The Balaban J connectivity index is 2.05. The Morgan fingerprint density at radius 1 is 1.44 bits per heavy atom. The van der Waals surface area contributed by atoms with Gasteiger partial charge < -0.3 is 10.2 Å². The maximum absolute atomic E-state index is 11.1. The summed E-state index contributed by atoms with van der Waals surface area (Å²) in [6.07, 6.45) is 1.03. The van der Waals surface area contributed by atoms with E-state index in [1.807, 2.05) is 0 Å². The molecule has 1 aromatic rings. The number of anilines is 1. The van der Waals surface area contributed by atoms with Crippen LogP contribution in [-0.4, -0.2) is 25.0 Å². The van der Waals surface area contributed by atoms with Crippen LogP contribution >= 0.6 is 0 Å². The highest BCUT2D eigenvalue weighted by molar-refractivity contribution is 5.73. The molecule has 1 amide bonds. The summed E-state index contributed by atoms with van der Waals surface area (Å²) < 4.78 is 0. The van der Waals surface area contributed by atoms with Crippen molar-refractivity contribution in [3.05, 3.63) is 29.8 Å². The van der Waals surface area contributed by atoms with Gasteiger partial charge in [0.1, 0.15) is 0 Å². The van der Waals surface area contributed by atoms with Gasteiger partial charge in [0.05, 0.1) is 0 Å². The largest absolute Gasteiger partial charge is 0.369 e. The molecule has 0 unspecified atom stereocenters. The Hall–Kier alpha value is -1.51. The Labute approximate surface area is 109 Å². The van der Waals surface area contributed by atoms with Crippen LogP contribution in [-0.2, 0) is 4.79 Å². The van der Waals surface area contributed by atoms with Crippen LogP contribution < -0.4 is 10.2 Å². The second kappa shape index (κ2) is 5.42. The molecule has 3 nitrogen and oxygen atoms in total. The summed E-state index contributed by atoms with van der Waals surface area (Å²) in [7, 11) is 0. The molecule has 1 fully saturated rings. The molecule has 0 aliphatic carbocycles. The highest BCUT2D eigenvalue weighted by atomic mass is 16.1. The van der Waals surface area contributed by atoms with Crippen molar-refractivity contribution in [2.45, 2.75) is 39.2 Å². The lowest BCUT2D eigenvalue weighted by Gasteiger charge is -2.20. The van der Waals surface area contributed by atoms with Crippen LogP contribution in [0.5, 0.6) is 0 Å². The first-order chi connectivity index (χ1) is 8.56. The minimum Gasteiger partial charge on any atom is -0.369 e. The van der Waals surface area contributed by atoms with E-state index in [1.165, 1.54) is 11.3 Å². The summed E-state index contributed by atoms with van der Waals surface area (Å²) in [5.41, 5.74) is 2.64. The molecule has 1 aliphatic rings. The van der Waals surface area contributed by atoms with Crippen LogP contribution in [0.4, 0.5) is 5.69 Å². The number of rotatable bonds is 3.